The third-order valence-corrected chi connectivity index (χ3v) is 1.88. The lowest BCUT2D eigenvalue weighted by Crippen LogP contribution is -2.64. The fourth-order valence-electron chi connectivity index (χ4n) is 1.08. The van der Waals surface area contributed by atoms with Crippen LogP contribution in [0.15, 0.2) is 0 Å². The van der Waals surface area contributed by atoms with Gasteiger partial charge >= 0.3 is 24.6 Å². The molecular weight excluding hydrogens is 304 g/mol. The number of hydrogen-bond acceptors (Lipinski definition) is 2. The van der Waals surface area contributed by atoms with E-state index in [1.54, 1.807) is 0 Å². The summed E-state index contributed by atoms with van der Waals surface area (Å²) in [6.07, 6.45) is -16.6. The van der Waals surface area contributed by atoms with Crippen LogP contribution in [0.3, 0.4) is 0 Å². The Morgan fingerprint density at radius 3 is 1.37 bits per heavy atom. The third-order valence-electron chi connectivity index (χ3n) is 1.88. The van der Waals surface area contributed by atoms with Crippen molar-refractivity contribution in [2.75, 3.05) is 6.61 Å². The van der Waals surface area contributed by atoms with Gasteiger partial charge in [0.25, 0.3) is 0 Å². The number of hydrogen-bond donors (Lipinski definition) is 1. The van der Waals surface area contributed by atoms with Crippen molar-refractivity contribution in [1.29, 1.82) is 0 Å². The van der Waals surface area contributed by atoms with E-state index in [4.69, 9.17) is 5.11 Å². The van der Waals surface area contributed by atoms with E-state index in [2.05, 4.69) is 0 Å². The molecular formula is C7H7F10NO. The van der Waals surface area contributed by atoms with Crippen LogP contribution >= 0.6 is 0 Å². The van der Waals surface area contributed by atoms with Crippen molar-refractivity contribution in [1.82, 2.24) is 4.90 Å². The van der Waals surface area contributed by atoms with Gasteiger partial charge in [0.15, 0.2) is 0 Å². The molecule has 12 heteroatoms. The van der Waals surface area contributed by atoms with Gasteiger partial charge in [0.1, 0.15) is 0 Å². The molecule has 116 valence electrons. The second-order valence-electron chi connectivity index (χ2n) is 3.34. The fourth-order valence-corrected chi connectivity index (χ4v) is 1.08. The van der Waals surface area contributed by atoms with E-state index in [-0.39, 0.29) is 0 Å². The Labute approximate surface area is 99.1 Å². The van der Waals surface area contributed by atoms with E-state index in [0.717, 1.165) is 0 Å². The summed E-state index contributed by atoms with van der Waals surface area (Å²) in [6.45, 7) is -1.09. The number of aliphatic hydroxyl groups excluding tert-OH is 1. The molecule has 0 aromatic carbocycles. The van der Waals surface area contributed by atoms with Crippen LogP contribution in [0.2, 0.25) is 0 Å². The Morgan fingerprint density at radius 2 is 1.11 bits per heavy atom. The van der Waals surface area contributed by atoms with Crippen molar-refractivity contribution in [3.63, 3.8) is 0 Å². The highest BCUT2D eigenvalue weighted by Crippen LogP contribution is 2.49. The standard InChI is InChI=1S/C7H7F10NO/c8-4(9,2-1-3-19)5(10,11)18(6(12,13)14)7(15,16)17/h19H,1-3H2. The summed E-state index contributed by atoms with van der Waals surface area (Å²) in [7, 11) is 0. The molecule has 0 aliphatic rings. The summed E-state index contributed by atoms with van der Waals surface area (Å²) in [6, 6.07) is -6.53. The van der Waals surface area contributed by atoms with Gasteiger partial charge in [-0.2, -0.15) is 43.9 Å². The smallest absolute Gasteiger partial charge is 0.396 e. The Bertz CT molecular complexity index is 281. The van der Waals surface area contributed by atoms with Gasteiger partial charge in [-0.25, -0.2) is 0 Å². The summed E-state index contributed by atoms with van der Waals surface area (Å²) >= 11 is 0. The lowest BCUT2D eigenvalue weighted by Gasteiger charge is -2.37. The molecule has 0 saturated heterocycles. The van der Waals surface area contributed by atoms with Crippen LogP contribution in [0.4, 0.5) is 43.9 Å². The minimum atomic E-state index is -6.75. The summed E-state index contributed by atoms with van der Waals surface area (Å²) in [5.41, 5.74) is 0. The molecule has 0 aromatic rings. The molecule has 0 radical (unpaired) electrons. The lowest BCUT2D eigenvalue weighted by molar-refractivity contribution is -0.469. The number of aliphatic hydroxyl groups is 1. The molecule has 0 unspecified atom stereocenters. The van der Waals surface area contributed by atoms with Crippen molar-refractivity contribution in [3.8, 4) is 0 Å². The van der Waals surface area contributed by atoms with Crippen LogP contribution in [0.5, 0.6) is 0 Å². The van der Waals surface area contributed by atoms with E-state index < -0.39 is 48.9 Å². The van der Waals surface area contributed by atoms with Crippen molar-refractivity contribution in [2.24, 2.45) is 0 Å². The second-order valence-corrected chi connectivity index (χ2v) is 3.34. The number of rotatable bonds is 5. The molecule has 0 heterocycles. The molecule has 0 atom stereocenters. The first-order chi connectivity index (χ1) is 8.18. The largest absolute Gasteiger partial charge is 0.472 e. The van der Waals surface area contributed by atoms with E-state index in [1.165, 1.54) is 0 Å². The zero-order chi connectivity index (χ0) is 15.7. The topological polar surface area (TPSA) is 23.5 Å². The predicted octanol–water partition coefficient (Wildman–Crippen LogP) is 3.33. The van der Waals surface area contributed by atoms with E-state index >= 15 is 0 Å². The molecule has 0 amide bonds. The van der Waals surface area contributed by atoms with E-state index in [9.17, 15) is 43.9 Å². The highest BCUT2D eigenvalue weighted by Gasteiger charge is 2.74. The third kappa shape index (κ3) is 4.09. The molecule has 2 nitrogen and oxygen atoms in total. The van der Waals surface area contributed by atoms with E-state index in [1.807, 2.05) is 0 Å². The van der Waals surface area contributed by atoms with Crippen molar-refractivity contribution >= 4 is 0 Å². The predicted molar refractivity (Wildman–Crippen MR) is 40.2 cm³/mol. The van der Waals surface area contributed by atoms with Crippen molar-refractivity contribution in [3.05, 3.63) is 0 Å². The minimum absolute atomic E-state index is 1.09. The normalized spacial score (nSPS) is 15.2. The average molecular weight is 311 g/mol. The zero-order valence-corrected chi connectivity index (χ0v) is 8.80. The van der Waals surface area contributed by atoms with Crippen LogP contribution in [0.25, 0.3) is 0 Å². The molecule has 0 aromatic heterocycles. The first-order valence-corrected chi connectivity index (χ1v) is 4.48. The number of alkyl halides is 10. The molecule has 0 spiro atoms. The molecule has 0 aliphatic heterocycles. The maximum Gasteiger partial charge on any atom is 0.472 e. The van der Waals surface area contributed by atoms with Gasteiger partial charge < -0.3 is 5.11 Å². The monoisotopic (exact) mass is 311 g/mol. The van der Waals surface area contributed by atoms with Gasteiger partial charge in [-0.1, -0.05) is 4.90 Å². The molecule has 19 heavy (non-hydrogen) atoms. The van der Waals surface area contributed by atoms with Gasteiger partial charge in [0.2, 0.25) is 0 Å². The van der Waals surface area contributed by atoms with Gasteiger partial charge in [0.05, 0.1) is 0 Å². The van der Waals surface area contributed by atoms with Crippen LogP contribution in [-0.2, 0) is 0 Å². The minimum Gasteiger partial charge on any atom is -0.396 e. The van der Waals surface area contributed by atoms with Gasteiger partial charge in [-0.3, -0.25) is 0 Å². The van der Waals surface area contributed by atoms with E-state index in [0.29, 0.717) is 0 Å². The Morgan fingerprint density at radius 1 is 0.737 bits per heavy atom. The summed E-state index contributed by atoms with van der Waals surface area (Å²) < 4.78 is 123. The summed E-state index contributed by atoms with van der Waals surface area (Å²) in [5.74, 6) is -5.62. The molecule has 1 N–H and O–H groups in total. The molecule has 0 aliphatic carbocycles. The van der Waals surface area contributed by atoms with Gasteiger partial charge in [0, 0.05) is 13.0 Å². The van der Waals surface area contributed by atoms with Crippen LogP contribution in [0, 0.1) is 0 Å². The summed E-state index contributed by atoms with van der Waals surface area (Å²) in [5, 5.41) is 8.12. The van der Waals surface area contributed by atoms with Gasteiger partial charge in [-0.15, -0.1) is 0 Å². The van der Waals surface area contributed by atoms with Crippen molar-refractivity contribution in [2.45, 2.75) is 37.4 Å². The van der Waals surface area contributed by atoms with Crippen LogP contribution < -0.4 is 0 Å². The number of nitrogens with zero attached hydrogens (tertiary/aromatic N) is 1. The van der Waals surface area contributed by atoms with Crippen LogP contribution in [-0.4, -0.2) is 41.2 Å². The average Bonchev–Trinajstić information content (AvgIpc) is 2.08. The first kappa shape index (κ1) is 18.2. The zero-order valence-electron chi connectivity index (χ0n) is 8.80. The lowest BCUT2D eigenvalue weighted by atomic mass is 10.1. The molecule has 0 bridgehead atoms. The molecule has 0 fully saturated rings. The summed E-state index contributed by atoms with van der Waals surface area (Å²) in [4.78, 5) is -3.45. The van der Waals surface area contributed by atoms with Gasteiger partial charge in [-0.05, 0) is 6.42 Å². The first-order valence-electron chi connectivity index (χ1n) is 4.48. The maximum atomic E-state index is 12.8. The Hall–Kier alpha value is -0.780. The molecule has 0 rings (SSSR count). The highest BCUT2D eigenvalue weighted by atomic mass is 19.4. The Kier molecular flexibility index (Phi) is 5.09. The Balaban J connectivity index is 5.54. The van der Waals surface area contributed by atoms with Crippen molar-refractivity contribution < 1.29 is 49.0 Å². The molecule has 0 saturated carbocycles. The second kappa shape index (κ2) is 5.31. The highest BCUT2D eigenvalue weighted by molar-refractivity contribution is 4.87. The number of halogens is 10. The quantitative estimate of drug-likeness (QED) is 0.622. The fraction of sp³-hybridized carbons (Fsp3) is 1.00. The maximum absolute atomic E-state index is 12.8. The van der Waals surface area contributed by atoms with Crippen LogP contribution in [0.1, 0.15) is 12.8 Å². The SMILES string of the molecule is OCCCC(F)(F)C(F)(F)N(C(F)(F)F)C(F)(F)F.